The molecule has 3 rings (SSSR count). The molecule has 2 heterocycles. The number of benzene rings is 1. The second-order valence-corrected chi connectivity index (χ2v) is 5.58. The third-order valence-electron chi connectivity index (χ3n) is 3.92. The summed E-state index contributed by atoms with van der Waals surface area (Å²) in [6, 6.07) is 10.1. The Morgan fingerprint density at radius 3 is 2.55 bits per heavy atom. The minimum Gasteiger partial charge on any atom is -0.461 e. The normalized spacial score (nSPS) is 16.8. The molecule has 0 bridgehead atoms. The van der Waals surface area contributed by atoms with E-state index in [0.717, 1.165) is 38.3 Å². The molecule has 1 saturated heterocycles. The summed E-state index contributed by atoms with van der Waals surface area (Å²) >= 11 is 0. The molecule has 2 aromatic rings. The maximum atomic E-state index is 13.2. The van der Waals surface area contributed by atoms with E-state index in [2.05, 4.69) is 9.80 Å². The molecule has 5 heteroatoms. The van der Waals surface area contributed by atoms with Crippen molar-refractivity contribution in [1.82, 2.24) is 9.80 Å². The molecular formula is C17H19FN2O2. The predicted octanol–water partition coefficient (Wildman–Crippen LogP) is 2.42. The SMILES string of the molecule is O=C(CN1CCN(Cc2cccc(F)c2)CC1)c1ccco1. The van der Waals surface area contributed by atoms with Gasteiger partial charge in [0.25, 0.3) is 0 Å². The highest BCUT2D eigenvalue weighted by atomic mass is 19.1. The van der Waals surface area contributed by atoms with E-state index in [4.69, 9.17) is 4.42 Å². The first-order valence-electron chi connectivity index (χ1n) is 7.46. The fourth-order valence-electron chi connectivity index (χ4n) is 2.72. The molecule has 1 aromatic heterocycles. The van der Waals surface area contributed by atoms with Crippen LogP contribution in [0.4, 0.5) is 4.39 Å². The lowest BCUT2D eigenvalue weighted by Gasteiger charge is -2.34. The Hall–Kier alpha value is -1.98. The van der Waals surface area contributed by atoms with Crippen molar-refractivity contribution < 1.29 is 13.6 Å². The topological polar surface area (TPSA) is 36.7 Å². The molecule has 0 spiro atoms. The van der Waals surface area contributed by atoms with E-state index in [-0.39, 0.29) is 11.6 Å². The van der Waals surface area contributed by atoms with Crippen LogP contribution in [0.15, 0.2) is 47.1 Å². The molecular weight excluding hydrogens is 283 g/mol. The molecule has 1 fully saturated rings. The highest BCUT2D eigenvalue weighted by molar-refractivity contribution is 5.94. The molecule has 1 aliphatic heterocycles. The van der Waals surface area contributed by atoms with Crippen LogP contribution in [0.25, 0.3) is 0 Å². The average Bonchev–Trinajstić information content (AvgIpc) is 3.04. The third kappa shape index (κ3) is 3.81. The smallest absolute Gasteiger partial charge is 0.211 e. The van der Waals surface area contributed by atoms with Gasteiger partial charge in [-0.25, -0.2) is 4.39 Å². The lowest BCUT2D eigenvalue weighted by Crippen LogP contribution is -2.47. The van der Waals surface area contributed by atoms with Crippen LogP contribution < -0.4 is 0 Å². The van der Waals surface area contributed by atoms with Gasteiger partial charge in [-0.15, -0.1) is 0 Å². The van der Waals surface area contributed by atoms with Crippen molar-refractivity contribution in [2.45, 2.75) is 6.54 Å². The molecule has 0 atom stereocenters. The Morgan fingerprint density at radius 1 is 1.09 bits per heavy atom. The largest absolute Gasteiger partial charge is 0.461 e. The van der Waals surface area contributed by atoms with Crippen LogP contribution in [-0.2, 0) is 6.54 Å². The zero-order chi connectivity index (χ0) is 15.4. The summed E-state index contributed by atoms with van der Waals surface area (Å²) in [5, 5.41) is 0. The second-order valence-electron chi connectivity index (χ2n) is 5.58. The molecule has 0 saturated carbocycles. The monoisotopic (exact) mass is 302 g/mol. The summed E-state index contributed by atoms with van der Waals surface area (Å²) in [6.07, 6.45) is 1.52. The van der Waals surface area contributed by atoms with Gasteiger partial charge in [0.2, 0.25) is 5.78 Å². The Labute approximate surface area is 129 Å². The van der Waals surface area contributed by atoms with E-state index in [9.17, 15) is 9.18 Å². The molecule has 22 heavy (non-hydrogen) atoms. The van der Waals surface area contributed by atoms with Crippen molar-refractivity contribution >= 4 is 5.78 Å². The fraction of sp³-hybridized carbons (Fsp3) is 0.353. The van der Waals surface area contributed by atoms with E-state index >= 15 is 0 Å². The van der Waals surface area contributed by atoms with Gasteiger partial charge in [0.15, 0.2) is 5.76 Å². The van der Waals surface area contributed by atoms with Gasteiger partial charge >= 0.3 is 0 Å². The molecule has 4 nitrogen and oxygen atoms in total. The van der Waals surface area contributed by atoms with Gasteiger partial charge < -0.3 is 4.42 Å². The van der Waals surface area contributed by atoms with Crippen molar-refractivity contribution in [2.75, 3.05) is 32.7 Å². The summed E-state index contributed by atoms with van der Waals surface area (Å²) in [6.45, 7) is 4.56. The number of halogens is 1. The number of furan rings is 1. The maximum absolute atomic E-state index is 13.2. The van der Waals surface area contributed by atoms with E-state index in [1.54, 1.807) is 24.3 Å². The number of Topliss-reactive ketones (excluding diaryl/α,β-unsaturated/α-hetero) is 1. The van der Waals surface area contributed by atoms with Gasteiger partial charge in [-0.2, -0.15) is 0 Å². The molecule has 1 aromatic carbocycles. The van der Waals surface area contributed by atoms with E-state index in [0.29, 0.717) is 12.3 Å². The summed E-state index contributed by atoms with van der Waals surface area (Å²) in [4.78, 5) is 16.4. The van der Waals surface area contributed by atoms with Crippen LogP contribution in [-0.4, -0.2) is 48.3 Å². The number of carbonyl (C=O) groups is 1. The third-order valence-corrected chi connectivity index (χ3v) is 3.92. The average molecular weight is 302 g/mol. The fourth-order valence-corrected chi connectivity index (χ4v) is 2.72. The highest BCUT2D eigenvalue weighted by Gasteiger charge is 2.20. The van der Waals surface area contributed by atoms with Gasteiger partial charge in [-0.05, 0) is 29.8 Å². The Balaban J connectivity index is 1.47. The second kappa shape index (κ2) is 6.85. The Morgan fingerprint density at radius 2 is 1.86 bits per heavy atom. The Bertz CT molecular complexity index is 619. The van der Waals surface area contributed by atoms with Gasteiger partial charge in [0.1, 0.15) is 5.82 Å². The van der Waals surface area contributed by atoms with Gasteiger partial charge in [0.05, 0.1) is 12.8 Å². The van der Waals surface area contributed by atoms with Crippen LogP contribution >= 0.6 is 0 Å². The van der Waals surface area contributed by atoms with Crippen LogP contribution in [0, 0.1) is 5.82 Å². The zero-order valence-electron chi connectivity index (χ0n) is 12.4. The first-order valence-corrected chi connectivity index (χ1v) is 7.46. The van der Waals surface area contributed by atoms with E-state index in [1.807, 2.05) is 6.07 Å². The summed E-state index contributed by atoms with van der Waals surface area (Å²) in [5.41, 5.74) is 0.986. The minimum absolute atomic E-state index is 0.0172. The van der Waals surface area contributed by atoms with Crippen molar-refractivity contribution in [3.63, 3.8) is 0 Å². The van der Waals surface area contributed by atoms with Crippen molar-refractivity contribution in [1.29, 1.82) is 0 Å². The first-order chi connectivity index (χ1) is 10.7. The number of ketones is 1. The molecule has 0 N–H and O–H groups in total. The molecule has 0 amide bonds. The summed E-state index contributed by atoms with van der Waals surface area (Å²) in [7, 11) is 0. The lowest BCUT2D eigenvalue weighted by molar-refractivity contribution is 0.0819. The molecule has 0 radical (unpaired) electrons. The summed E-state index contributed by atoms with van der Waals surface area (Å²) < 4.78 is 18.3. The molecule has 1 aliphatic rings. The maximum Gasteiger partial charge on any atom is 0.211 e. The molecule has 0 aliphatic carbocycles. The standard InChI is InChI=1S/C17H19FN2O2/c18-15-4-1-3-14(11-15)12-19-6-8-20(9-7-19)13-16(21)17-5-2-10-22-17/h1-5,10-11H,6-9,12-13H2. The molecule has 116 valence electrons. The quantitative estimate of drug-likeness (QED) is 0.795. The highest BCUT2D eigenvalue weighted by Crippen LogP contribution is 2.11. The number of hydrogen-bond donors (Lipinski definition) is 0. The predicted molar refractivity (Wildman–Crippen MR) is 81.2 cm³/mol. The van der Waals surface area contributed by atoms with E-state index < -0.39 is 0 Å². The zero-order valence-corrected chi connectivity index (χ0v) is 12.4. The van der Waals surface area contributed by atoms with Crippen LogP contribution in [0.3, 0.4) is 0 Å². The van der Waals surface area contributed by atoms with Crippen LogP contribution in [0.5, 0.6) is 0 Å². The number of piperazine rings is 1. The van der Waals surface area contributed by atoms with Crippen molar-refractivity contribution in [3.05, 3.63) is 59.8 Å². The Kier molecular flexibility index (Phi) is 4.65. The number of hydrogen-bond acceptors (Lipinski definition) is 4. The minimum atomic E-state index is -0.194. The lowest BCUT2D eigenvalue weighted by atomic mass is 10.2. The molecule has 0 unspecified atom stereocenters. The van der Waals surface area contributed by atoms with Crippen molar-refractivity contribution in [3.8, 4) is 0 Å². The van der Waals surface area contributed by atoms with Gasteiger partial charge in [0, 0.05) is 32.7 Å². The van der Waals surface area contributed by atoms with Gasteiger partial charge in [-0.3, -0.25) is 14.6 Å². The number of carbonyl (C=O) groups excluding carboxylic acids is 1. The number of nitrogens with zero attached hydrogens (tertiary/aromatic N) is 2. The van der Waals surface area contributed by atoms with Gasteiger partial charge in [-0.1, -0.05) is 12.1 Å². The van der Waals surface area contributed by atoms with Crippen molar-refractivity contribution in [2.24, 2.45) is 0 Å². The van der Waals surface area contributed by atoms with Crippen LogP contribution in [0.1, 0.15) is 16.1 Å². The first kappa shape index (κ1) is 14.9. The summed E-state index contributed by atoms with van der Waals surface area (Å²) in [5.74, 6) is 0.242. The number of rotatable bonds is 5. The van der Waals surface area contributed by atoms with Crippen LogP contribution in [0.2, 0.25) is 0 Å². The van der Waals surface area contributed by atoms with E-state index in [1.165, 1.54) is 12.3 Å².